The zero-order chi connectivity index (χ0) is 19.1. The summed E-state index contributed by atoms with van der Waals surface area (Å²) in [6.45, 7) is 4.10. The molecule has 7 heteroatoms. The fourth-order valence-electron chi connectivity index (χ4n) is 3.14. The molecular formula is C19H28N4O3. The number of nitrogens with one attached hydrogen (secondary N) is 1. The molecule has 1 aromatic rings. The number of rotatable bonds is 6. The Morgan fingerprint density at radius 2 is 1.62 bits per heavy atom. The van der Waals surface area contributed by atoms with E-state index in [0.717, 1.165) is 5.56 Å². The minimum absolute atomic E-state index is 0.00890. The molecule has 26 heavy (non-hydrogen) atoms. The van der Waals surface area contributed by atoms with E-state index in [-0.39, 0.29) is 30.2 Å². The summed E-state index contributed by atoms with van der Waals surface area (Å²) in [5.74, 6) is -0.0648. The number of amides is 3. The third kappa shape index (κ3) is 5.29. The number of benzene rings is 1. The van der Waals surface area contributed by atoms with Gasteiger partial charge >= 0.3 is 0 Å². The number of carbonyl (C=O) groups excluding carboxylic acids is 3. The lowest BCUT2D eigenvalue weighted by Gasteiger charge is -2.34. The Kier molecular flexibility index (Phi) is 7.15. The molecule has 2 rings (SSSR count). The normalized spacial score (nSPS) is 15.7. The van der Waals surface area contributed by atoms with E-state index < -0.39 is 0 Å². The van der Waals surface area contributed by atoms with Crippen molar-refractivity contribution in [2.45, 2.75) is 19.4 Å². The van der Waals surface area contributed by atoms with Crippen molar-refractivity contribution >= 4 is 17.7 Å². The maximum Gasteiger partial charge on any atom is 0.241 e. The Bertz CT molecular complexity index is 625. The van der Waals surface area contributed by atoms with E-state index >= 15 is 0 Å². The second-order valence-electron chi connectivity index (χ2n) is 6.70. The highest BCUT2D eigenvalue weighted by Crippen LogP contribution is 2.17. The van der Waals surface area contributed by atoms with Crippen LogP contribution in [-0.2, 0) is 14.4 Å². The molecule has 1 aliphatic rings. The Balaban J connectivity index is 1.80. The summed E-state index contributed by atoms with van der Waals surface area (Å²) in [6, 6.07) is 9.18. The largest absolute Gasteiger partial charge is 0.354 e. The molecule has 0 bridgehead atoms. The molecule has 1 saturated heterocycles. The number of likely N-dealkylation sites (N-methyl/N-ethyl adjacent to an activating group) is 1. The molecule has 1 atom stereocenters. The average molecular weight is 360 g/mol. The van der Waals surface area contributed by atoms with E-state index in [2.05, 4.69) is 5.32 Å². The van der Waals surface area contributed by atoms with Crippen LogP contribution in [0.1, 0.15) is 24.9 Å². The smallest absolute Gasteiger partial charge is 0.241 e. The summed E-state index contributed by atoms with van der Waals surface area (Å²) >= 11 is 0. The number of nitrogens with zero attached hydrogens (tertiary/aromatic N) is 3. The first kappa shape index (κ1) is 19.9. The zero-order valence-corrected chi connectivity index (χ0v) is 15.8. The van der Waals surface area contributed by atoms with Gasteiger partial charge in [-0.05, 0) is 19.7 Å². The van der Waals surface area contributed by atoms with Crippen LogP contribution >= 0.6 is 0 Å². The maximum atomic E-state index is 12.5. The lowest BCUT2D eigenvalue weighted by atomic mass is 10.1. The summed E-state index contributed by atoms with van der Waals surface area (Å²) < 4.78 is 0. The molecule has 142 valence electrons. The molecule has 0 aromatic heterocycles. The standard InChI is InChI=1S/C19H28N4O3/c1-15(24)22-11-13-23(14-12-22)17(25)9-10-20-19(26)18(21(2)3)16-7-5-4-6-8-16/h4-8,18H,9-14H2,1-3H3,(H,20,26). The van der Waals surface area contributed by atoms with Crippen LogP contribution in [0.15, 0.2) is 30.3 Å². The van der Waals surface area contributed by atoms with Gasteiger partial charge in [-0.15, -0.1) is 0 Å². The van der Waals surface area contributed by atoms with Crippen molar-refractivity contribution in [3.8, 4) is 0 Å². The molecule has 3 amide bonds. The minimum Gasteiger partial charge on any atom is -0.354 e. The van der Waals surface area contributed by atoms with Crippen LogP contribution in [0.2, 0.25) is 0 Å². The lowest BCUT2D eigenvalue weighted by molar-refractivity contribution is -0.138. The molecule has 0 saturated carbocycles. The first-order valence-corrected chi connectivity index (χ1v) is 8.92. The highest BCUT2D eigenvalue weighted by molar-refractivity contribution is 5.84. The first-order chi connectivity index (χ1) is 12.4. The van der Waals surface area contributed by atoms with Gasteiger partial charge in [0.2, 0.25) is 17.7 Å². The Morgan fingerprint density at radius 3 is 2.15 bits per heavy atom. The van der Waals surface area contributed by atoms with Crippen LogP contribution in [0.4, 0.5) is 0 Å². The van der Waals surface area contributed by atoms with Crippen molar-refractivity contribution in [3.05, 3.63) is 35.9 Å². The minimum atomic E-state index is -0.384. The maximum absolute atomic E-state index is 12.5. The number of hydrogen-bond acceptors (Lipinski definition) is 4. The number of carbonyl (C=O) groups is 3. The summed E-state index contributed by atoms with van der Waals surface area (Å²) in [4.78, 5) is 41.5. The highest BCUT2D eigenvalue weighted by Gasteiger charge is 2.24. The molecule has 1 heterocycles. The predicted octanol–water partition coefficient (Wildman–Crippen LogP) is 0.486. The van der Waals surface area contributed by atoms with Crippen molar-refractivity contribution in [3.63, 3.8) is 0 Å². The lowest BCUT2D eigenvalue weighted by Crippen LogP contribution is -2.50. The molecule has 0 spiro atoms. The van der Waals surface area contributed by atoms with E-state index in [1.54, 1.807) is 16.7 Å². The summed E-state index contributed by atoms with van der Waals surface area (Å²) in [7, 11) is 3.72. The second kappa shape index (κ2) is 9.33. The molecule has 1 unspecified atom stereocenters. The van der Waals surface area contributed by atoms with Gasteiger partial charge in [0.25, 0.3) is 0 Å². The van der Waals surface area contributed by atoms with Gasteiger partial charge < -0.3 is 15.1 Å². The van der Waals surface area contributed by atoms with Gasteiger partial charge in [0.15, 0.2) is 0 Å². The van der Waals surface area contributed by atoms with E-state index in [9.17, 15) is 14.4 Å². The molecule has 0 radical (unpaired) electrons. The van der Waals surface area contributed by atoms with Crippen molar-refractivity contribution in [2.75, 3.05) is 46.8 Å². The monoisotopic (exact) mass is 360 g/mol. The van der Waals surface area contributed by atoms with Gasteiger partial charge in [-0.3, -0.25) is 19.3 Å². The average Bonchev–Trinajstić information content (AvgIpc) is 2.62. The SMILES string of the molecule is CC(=O)N1CCN(C(=O)CCNC(=O)C(c2ccccc2)N(C)C)CC1. The summed E-state index contributed by atoms with van der Waals surface area (Å²) in [5.41, 5.74) is 0.918. The molecule has 7 nitrogen and oxygen atoms in total. The topological polar surface area (TPSA) is 73.0 Å². The van der Waals surface area contributed by atoms with E-state index in [1.807, 2.05) is 49.3 Å². The molecule has 0 aliphatic carbocycles. The van der Waals surface area contributed by atoms with Crippen molar-refractivity contribution in [1.82, 2.24) is 20.0 Å². The van der Waals surface area contributed by atoms with Gasteiger partial charge in [-0.25, -0.2) is 0 Å². The van der Waals surface area contributed by atoms with Gasteiger partial charge in [0.05, 0.1) is 0 Å². The Morgan fingerprint density at radius 1 is 1.04 bits per heavy atom. The van der Waals surface area contributed by atoms with Crippen molar-refractivity contribution in [2.24, 2.45) is 0 Å². The highest BCUT2D eigenvalue weighted by atomic mass is 16.2. The number of hydrogen-bond donors (Lipinski definition) is 1. The third-order valence-electron chi connectivity index (χ3n) is 4.60. The van der Waals surface area contributed by atoms with Gasteiger partial charge in [0, 0.05) is 46.1 Å². The van der Waals surface area contributed by atoms with Gasteiger partial charge in [-0.1, -0.05) is 30.3 Å². The van der Waals surface area contributed by atoms with Gasteiger partial charge in [-0.2, -0.15) is 0 Å². The van der Waals surface area contributed by atoms with Crippen LogP contribution in [0.25, 0.3) is 0 Å². The number of piperazine rings is 1. The van der Waals surface area contributed by atoms with Crippen LogP contribution in [0.3, 0.4) is 0 Å². The third-order valence-corrected chi connectivity index (χ3v) is 4.60. The molecule has 1 aliphatic heterocycles. The molecule has 1 fully saturated rings. The van der Waals surface area contributed by atoms with E-state index in [4.69, 9.17) is 0 Å². The molecular weight excluding hydrogens is 332 g/mol. The van der Waals surface area contributed by atoms with Gasteiger partial charge in [0.1, 0.15) is 6.04 Å². The Labute approximate surface area is 154 Å². The van der Waals surface area contributed by atoms with Crippen LogP contribution in [0, 0.1) is 0 Å². The second-order valence-corrected chi connectivity index (χ2v) is 6.70. The van der Waals surface area contributed by atoms with Crippen molar-refractivity contribution < 1.29 is 14.4 Å². The molecule has 1 N–H and O–H groups in total. The van der Waals surface area contributed by atoms with Crippen LogP contribution in [0.5, 0.6) is 0 Å². The summed E-state index contributed by atoms with van der Waals surface area (Å²) in [6.07, 6.45) is 0.265. The fraction of sp³-hybridized carbons (Fsp3) is 0.526. The predicted molar refractivity (Wildman–Crippen MR) is 99.3 cm³/mol. The summed E-state index contributed by atoms with van der Waals surface area (Å²) in [5, 5.41) is 2.87. The van der Waals surface area contributed by atoms with Crippen LogP contribution < -0.4 is 5.32 Å². The Hall–Kier alpha value is -2.41. The quantitative estimate of drug-likeness (QED) is 0.801. The van der Waals surface area contributed by atoms with Crippen molar-refractivity contribution in [1.29, 1.82) is 0 Å². The van der Waals surface area contributed by atoms with E-state index in [0.29, 0.717) is 32.7 Å². The first-order valence-electron chi connectivity index (χ1n) is 8.92. The van der Waals surface area contributed by atoms with Crippen LogP contribution in [-0.4, -0.2) is 79.2 Å². The fourth-order valence-corrected chi connectivity index (χ4v) is 3.14. The molecule has 1 aromatic carbocycles. The zero-order valence-electron chi connectivity index (χ0n) is 15.8. The van der Waals surface area contributed by atoms with E-state index in [1.165, 1.54) is 0 Å².